The largest absolute Gasteiger partial charge is 0.296 e. The van der Waals surface area contributed by atoms with Crippen LogP contribution in [-0.4, -0.2) is 26.1 Å². The standard InChI is InChI=1S/C17H13N5OS/c1-10-2-3-12-15(8-10)24-17(19-12)20-16(23)14-9-13(21-22-14)11-4-6-18-7-5-11/h2-9H,1H3,(H,21,22)(H,19,20,23). The molecule has 0 unspecified atom stereocenters. The summed E-state index contributed by atoms with van der Waals surface area (Å²) in [7, 11) is 0. The zero-order chi connectivity index (χ0) is 16.5. The van der Waals surface area contributed by atoms with Crippen LogP contribution in [0.1, 0.15) is 16.1 Å². The van der Waals surface area contributed by atoms with Gasteiger partial charge in [0.2, 0.25) is 0 Å². The average Bonchev–Trinajstić information content (AvgIpc) is 3.22. The lowest BCUT2D eigenvalue weighted by molar-refractivity contribution is 0.102. The minimum Gasteiger partial charge on any atom is -0.296 e. The number of fused-ring (bicyclic) bond motifs is 1. The fourth-order valence-corrected chi connectivity index (χ4v) is 3.32. The highest BCUT2D eigenvalue weighted by molar-refractivity contribution is 7.22. The van der Waals surface area contributed by atoms with Crippen LogP contribution >= 0.6 is 11.3 Å². The van der Waals surface area contributed by atoms with Crippen molar-refractivity contribution in [2.75, 3.05) is 5.32 Å². The van der Waals surface area contributed by atoms with Crippen molar-refractivity contribution < 1.29 is 4.79 Å². The summed E-state index contributed by atoms with van der Waals surface area (Å²) in [4.78, 5) is 20.8. The number of pyridine rings is 1. The first-order valence-electron chi connectivity index (χ1n) is 7.33. The van der Waals surface area contributed by atoms with Gasteiger partial charge in [-0.3, -0.25) is 20.2 Å². The summed E-state index contributed by atoms with van der Waals surface area (Å²) in [5, 5.41) is 10.3. The molecule has 0 aliphatic carbocycles. The summed E-state index contributed by atoms with van der Waals surface area (Å²) in [6, 6.07) is 11.4. The maximum absolute atomic E-state index is 12.4. The second-order valence-electron chi connectivity index (χ2n) is 5.35. The monoisotopic (exact) mass is 335 g/mol. The van der Waals surface area contributed by atoms with Crippen molar-refractivity contribution in [1.29, 1.82) is 0 Å². The number of carbonyl (C=O) groups excluding carboxylic acids is 1. The molecule has 0 bridgehead atoms. The van der Waals surface area contributed by atoms with Gasteiger partial charge < -0.3 is 0 Å². The van der Waals surface area contributed by atoms with E-state index in [2.05, 4.69) is 31.5 Å². The Hall–Kier alpha value is -3.06. The zero-order valence-electron chi connectivity index (χ0n) is 12.8. The first-order valence-corrected chi connectivity index (χ1v) is 8.15. The van der Waals surface area contributed by atoms with Crippen molar-refractivity contribution in [3.8, 4) is 11.3 Å². The number of hydrogen-bond acceptors (Lipinski definition) is 5. The van der Waals surface area contributed by atoms with Gasteiger partial charge in [0.25, 0.3) is 5.91 Å². The summed E-state index contributed by atoms with van der Waals surface area (Å²) in [5.41, 5.74) is 4.03. The van der Waals surface area contributed by atoms with Gasteiger partial charge in [0.15, 0.2) is 5.13 Å². The number of anilines is 1. The molecule has 1 aromatic carbocycles. The van der Waals surface area contributed by atoms with Crippen molar-refractivity contribution in [3.05, 3.63) is 60.0 Å². The molecule has 24 heavy (non-hydrogen) atoms. The number of H-pyrrole nitrogens is 1. The summed E-state index contributed by atoms with van der Waals surface area (Å²) in [6.07, 6.45) is 3.37. The maximum Gasteiger partial charge on any atom is 0.275 e. The minimum atomic E-state index is -0.265. The molecule has 2 N–H and O–H groups in total. The summed E-state index contributed by atoms with van der Waals surface area (Å²) in [6.45, 7) is 2.03. The third kappa shape index (κ3) is 2.77. The number of hydrogen-bond donors (Lipinski definition) is 2. The fraction of sp³-hybridized carbons (Fsp3) is 0.0588. The number of rotatable bonds is 3. The van der Waals surface area contributed by atoms with Gasteiger partial charge in [0.1, 0.15) is 5.69 Å². The predicted molar refractivity (Wildman–Crippen MR) is 94.1 cm³/mol. The first kappa shape index (κ1) is 14.5. The second-order valence-corrected chi connectivity index (χ2v) is 6.38. The number of amides is 1. The number of aromatic amines is 1. The maximum atomic E-state index is 12.4. The number of aromatic nitrogens is 4. The van der Waals surface area contributed by atoms with Crippen LogP contribution in [0.25, 0.3) is 21.5 Å². The molecule has 7 heteroatoms. The molecule has 0 aliphatic heterocycles. The smallest absolute Gasteiger partial charge is 0.275 e. The van der Waals surface area contributed by atoms with Crippen LogP contribution in [0.4, 0.5) is 5.13 Å². The molecule has 1 amide bonds. The van der Waals surface area contributed by atoms with Crippen LogP contribution in [0, 0.1) is 6.92 Å². The van der Waals surface area contributed by atoms with E-state index in [-0.39, 0.29) is 5.91 Å². The lowest BCUT2D eigenvalue weighted by Crippen LogP contribution is -2.11. The van der Waals surface area contributed by atoms with Crippen LogP contribution in [0.15, 0.2) is 48.8 Å². The van der Waals surface area contributed by atoms with Crippen molar-refractivity contribution >= 4 is 32.6 Å². The molecule has 4 aromatic rings. The van der Waals surface area contributed by atoms with Gasteiger partial charge >= 0.3 is 0 Å². The second kappa shape index (κ2) is 5.86. The van der Waals surface area contributed by atoms with Gasteiger partial charge in [-0.05, 0) is 42.8 Å². The molecule has 0 spiro atoms. The predicted octanol–water partition coefficient (Wildman–Crippen LogP) is 3.64. The third-order valence-electron chi connectivity index (χ3n) is 3.56. The molecule has 0 radical (unpaired) electrons. The van der Waals surface area contributed by atoms with Crippen molar-refractivity contribution in [2.45, 2.75) is 6.92 Å². The molecule has 0 fully saturated rings. The average molecular weight is 335 g/mol. The Kier molecular flexibility index (Phi) is 3.55. The Morgan fingerprint density at radius 1 is 1.17 bits per heavy atom. The molecule has 118 valence electrons. The highest BCUT2D eigenvalue weighted by Crippen LogP contribution is 2.27. The van der Waals surface area contributed by atoms with Gasteiger partial charge in [-0.15, -0.1) is 0 Å². The van der Waals surface area contributed by atoms with Crippen LogP contribution < -0.4 is 5.32 Å². The molecule has 4 rings (SSSR count). The van der Waals surface area contributed by atoms with Crippen molar-refractivity contribution in [3.63, 3.8) is 0 Å². The molecular weight excluding hydrogens is 322 g/mol. The van der Waals surface area contributed by atoms with E-state index in [1.165, 1.54) is 16.9 Å². The van der Waals surface area contributed by atoms with Gasteiger partial charge in [-0.1, -0.05) is 17.4 Å². The normalized spacial score (nSPS) is 10.9. The number of benzene rings is 1. The molecule has 6 nitrogen and oxygen atoms in total. The topological polar surface area (TPSA) is 83.6 Å². The molecule has 0 saturated heterocycles. The number of nitrogens with one attached hydrogen (secondary N) is 2. The Balaban J connectivity index is 1.56. The highest BCUT2D eigenvalue weighted by atomic mass is 32.1. The Morgan fingerprint density at radius 3 is 2.83 bits per heavy atom. The van der Waals surface area contributed by atoms with E-state index in [0.29, 0.717) is 16.5 Å². The number of carbonyl (C=O) groups is 1. The Labute approximate surface area is 141 Å². The van der Waals surface area contributed by atoms with E-state index in [0.717, 1.165) is 15.8 Å². The van der Waals surface area contributed by atoms with E-state index in [1.807, 2.05) is 31.2 Å². The number of aryl methyl sites for hydroxylation is 1. The van der Waals surface area contributed by atoms with E-state index in [4.69, 9.17) is 0 Å². The van der Waals surface area contributed by atoms with Crippen LogP contribution in [0.3, 0.4) is 0 Å². The quantitative estimate of drug-likeness (QED) is 0.599. The highest BCUT2D eigenvalue weighted by Gasteiger charge is 2.13. The van der Waals surface area contributed by atoms with Gasteiger partial charge in [0.05, 0.1) is 15.9 Å². The Bertz CT molecular complexity index is 1020. The fourth-order valence-electron chi connectivity index (χ4n) is 2.36. The SMILES string of the molecule is Cc1ccc2nc(NC(=O)c3cc(-c4ccncc4)n[nH]3)sc2c1. The molecular formula is C17H13N5OS. The lowest BCUT2D eigenvalue weighted by atomic mass is 10.2. The lowest BCUT2D eigenvalue weighted by Gasteiger charge is -1.97. The van der Waals surface area contributed by atoms with E-state index >= 15 is 0 Å². The number of thiazole rings is 1. The molecule has 0 saturated carbocycles. The van der Waals surface area contributed by atoms with E-state index in [1.54, 1.807) is 18.5 Å². The summed E-state index contributed by atoms with van der Waals surface area (Å²) in [5.74, 6) is -0.265. The third-order valence-corrected chi connectivity index (χ3v) is 4.50. The van der Waals surface area contributed by atoms with Crippen LogP contribution in [-0.2, 0) is 0 Å². The minimum absolute atomic E-state index is 0.265. The van der Waals surface area contributed by atoms with Crippen LogP contribution in [0.5, 0.6) is 0 Å². The summed E-state index contributed by atoms with van der Waals surface area (Å²) < 4.78 is 1.05. The molecule has 0 atom stereocenters. The zero-order valence-corrected chi connectivity index (χ0v) is 13.6. The Morgan fingerprint density at radius 2 is 2.00 bits per heavy atom. The van der Waals surface area contributed by atoms with Crippen molar-refractivity contribution in [1.82, 2.24) is 20.2 Å². The van der Waals surface area contributed by atoms with Gasteiger partial charge in [-0.2, -0.15) is 5.10 Å². The van der Waals surface area contributed by atoms with Gasteiger partial charge in [-0.25, -0.2) is 4.98 Å². The number of nitrogens with zero attached hydrogens (tertiary/aromatic N) is 3. The van der Waals surface area contributed by atoms with Gasteiger partial charge in [0, 0.05) is 18.0 Å². The molecule has 3 heterocycles. The van der Waals surface area contributed by atoms with Crippen LogP contribution in [0.2, 0.25) is 0 Å². The van der Waals surface area contributed by atoms with E-state index < -0.39 is 0 Å². The first-order chi connectivity index (χ1) is 11.7. The van der Waals surface area contributed by atoms with E-state index in [9.17, 15) is 4.79 Å². The summed E-state index contributed by atoms with van der Waals surface area (Å²) >= 11 is 1.45. The molecule has 3 aromatic heterocycles. The molecule has 0 aliphatic rings. The van der Waals surface area contributed by atoms with Crippen molar-refractivity contribution in [2.24, 2.45) is 0 Å².